The van der Waals surface area contributed by atoms with Gasteiger partial charge in [-0.2, -0.15) is 0 Å². The first-order valence-electron chi connectivity index (χ1n) is 10.1. The molecule has 0 aliphatic carbocycles. The summed E-state index contributed by atoms with van der Waals surface area (Å²) in [5, 5.41) is 4.65. The minimum absolute atomic E-state index is 0.650. The molecule has 6 rings (SSSR count). The van der Waals surface area contributed by atoms with Crippen LogP contribution in [-0.4, -0.2) is 4.98 Å². The highest BCUT2D eigenvalue weighted by atomic mass is 32.1. The molecule has 0 amide bonds. The van der Waals surface area contributed by atoms with Crippen molar-refractivity contribution in [3.8, 4) is 22.4 Å². The lowest BCUT2D eigenvalue weighted by Crippen LogP contribution is -1.86. The van der Waals surface area contributed by atoms with Crippen LogP contribution in [0.1, 0.15) is 0 Å². The van der Waals surface area contributed by atoms with E-state index in [1.54, 1.807) is 0 Å². The molecule has 0 saturated heterocycles. The molecule has 0 atom stereocenters. The summed E-state index contributed by atoms with van der Waals surface area (Å²) in [5.41, 5.74) is 5.25. The predicted octanol–water partition coefficient (Wildman–Crippen LogP) is 8.49. The topological polar surface area (TPSA) is 17.2 Å². The molecule has 6 aromatic rings. The second kappa shape index (κ2) is 7.05. The highest BCUT2D eigenvalue weighted by Gasteiger charge is 2.15. The summed E-state index contributed by atoms with van der Waals surface area (Å²) in [6.45, 7) is 7.31. The number of fused-ring (bicyclic) bond motifs is 4. The van der Waals surface area contributed by atoms with E-state index in [0.29, 0.717) is 5.69 Å². The van der Waals surface area contributed by atoms with E-state index in [4.69, 9.17) is 11.6 Å². The lowest BCUT2D eigenvalue weighted by atomic mass is 10.00. The Hall–Kier alpha value is -4.00. The quantitative estimate of drug-likeness (QED) is 0.261. The van der Waals surface area contributed by atoms with E-state index in [9.17, 15) is 0 Å². The van der Waals surface area contributed by atoms with Gasteiger partial charge in [0.2, 0.25) is 0 Å². The summed E-state index contributed by atoms with van der Waals surface area (Å²) < 4.78 is 2.54. The van der Waals surface area contributed by atoms with Crippen LogP contribution in [0.3, 0.4) is 0 Å². The van der Waals surface area contributed by atoms with Crippen molar-refractivity contribution in [2.75, 3.05) is 0 Å². The molecule has 2 heterocycles. The number of hydrogen-bond donors (Lipinski definition) is 0. The normalized spacial score (nSPS) is 11.2. The Balaban J connectivity index is 1.66. The first-order valence-corrected chi connectivity index (χ1v) is 10.9. The van der Waals surface area contributed by atoms with E-state index < -0.39 is 0 Å². The van der Waals surface area contributed by atoms with E-state index in [-0.39, 0.29) is 0 Å². The number of aromatic nitrogens is 1. The van der Waals surface area contributed by atoms with Crippen molar-refractivity contribution in [2.24, 2.45) is 0 Å². The highest BCUT2D eigenvalue weighted by Crippen LogP contribution is 2.44. The van der Waals surface area contributed by atoms with Gasteiger partial charge in [0.15, 0.2) is 5.69 Å². The van der Waals surface area contributed by atoms with Crippen LogP contribution >= 0.6 is 11.3 Å². The summed E-state index contributed by atoms with van der Waals surface area (Å²) in [6.07, 6.45) is 1.84. The lowest BCUT2D eigenvalue weighted by Gasteiger charge is -2.07. The first-order chi connectivity index (χ1) is 15.3. The Morgan fingerprint density at radius 2 is 1.42 bits per heavy atom. The largest absolute Gasteiger partial charge is 0.256 e. The fourth-order valence-corrected chi connectivity index (χ4v) is 5.65. The lowest BCUT2D eigenvalue weighted by molar-refractivity contribution is 1.37. The predicted molar refractivity (Wildman–Crippen MR) is 132 cm³/mol. The Morgan fingerprint density at radius 3 is 2.19 bits per heavy atom. The van der Waals surface area contributed by atoms with Crippen molar-refractivity contribution in [3.05, 3.63) is 109 Å². The molecule has 144 valence electrons. The average molecular weight is 413 g/mol. The van der Waals surface area contributed by atoms with Crippen molar-refractivity contribution in [1.29, 1.82) is 0 Å². The molecule has 2 nitrogen and oxygen atoms in total. The van der Waals surface area contributed by atoms with Crippen LogP contribution in [0.15, 0.2) is 97.2 Å². The number of thiophene rings is 1. The van der Waals surface area contributed by atoms with E-state index in [0.717, 1.165) is 22.0 Å². The molecule has 0 spiro atoms. The van der Waals surface area contributed by atoms with Gasteiger partial charge in [0.1, 0.15) is 0 Å². The van der Waals surface area contributed by atoms with Crippen LogP contribution in [0.2, 0.25) is 0 Å². The van der Waals surface area contributed by atoms with Crippen LogP contribution in [0, 0.1) is 6.57 Å². The van der Waals surface area contributed by atoms with Crippen LogP contribution in [-0.2, 0) is 0 Å². The fourth-order valence-electron chi connectivity index (χ4n) is 4.30. The minimum Gasteiger partial charge on any atom is -0.256 e. The summed E-state index contributed by atoms with van der Waals surface area (Å²) in [6, 6.07) is 31.4. The molecule has 0 bridgehead atoms. The van der Waals surface area contributed by atoms with Crippen LogP contribution in [0.25, 0.3) is 58.2 Å². The Morgan fingerprint density at radius 1 is 0.677 bits per heavy atom. The standard InChI is InChI=1S/C28H16N2S/c1-29-20-13-14-21-19(17-20)15-16-30-26(21)25-12-6-11-24-23-10-5-9-22(27(23)31-28(24)25)18-7-3-2-4-8-18/h2-17H. The van der Waals surface area contributed by atoms with Crippen molar-refractivity contribution in [3.63, 3.8) is 0 Å². The third-order valence-corrected chi connectivity index (χ3v) is 7.03. The Kier molecular flexibility index (Phi) is 4.06. The van der Waals surface area contributed by atoms with Gasteiger partial charge in [0, 0.05) is 37.3 Å². The number of hydrogen-bond acceptors (Lipinski definition) is 2. The van der Waals surface area contributed by atoms with Gasteiger partial charge in [-0.1, -0.05) is 78.9 Å². The van der Waals surface area contributed by atoms with Crippen molar-refractivity contribution in [1.82, 2.24) is 4.98 Å². The maximum atomic E-state index is 7.31. The average Bonchev–Trinajstić information content (AvgIpc) is 3.23. The van der Waals surface area contributed by atoms with Crippen LogP contribution in [0.5, 0.6) is 0 Å². The molecule has 0 aliphatic heterocycles. The van der Waals surface area contributed by atoms with E-state index >= 15 is 0 Å². The molecule has 0 fully saturated rings. The van der Waals surface area contributed by atoms with E-state index in [2.05, 4.69) is 71.6 Å². The zero-order valence-corrected chi connectivity index (χ0v) is 17.4. The van der Waals surface area contributed by atoms with Crippen molar-refractivity contribution >= 4 is 48.0 Å². The van der Waals surface area contributed by atoms with Crippen molar-refractivity contribution in [2.45, 2.75) is 0 Å². The molecular weight excluding hydrogens is 396 g/mol. The zero-order valence-electron chi connectivity index (χ0n) is 16.5. The molecule has 0 saturated carbocycles. The summed E-state index contributed by atoms with van der Waals surface area (Å²) >= 11 is 1.83. The molecule has 4 aromatic carbocycles. The molecule has 0 N–H and O–H groups in total. The first kappa shape index (κ1) is 17.8. The van der Waals surface area contributed by atoms with Gasteiger partial charge in [-0.25, -0.2) is 4.85 Å². The number of benzene rings is 4. The molecule has 0 unspecified atom stereocenters. The fraction of sp³-hybridized carbons (Fsp3) is 0. The Labute approximate surface area is 183 Å². The minimum atomic E-state index is 0.650. The highest BCUT2D eigenvalue weighted by molar-refractivity contribution is 7.26. The van der Waals surface area contributed by atoms with Crippen LogP contribution in [0.4, 0.5) is 5.69 Å². The maximum Gasteiger partial charge on any atom is 0.187 e. The van der Waals surface area contributed by atoms with E-state index in [1.165, 1.54) is 31.3 Å². The molecule has 2 aromatic heterocycles. The van der Waals surface area contributed by atoms with Crippen molar-refractivity contribution < 1.29 is 0 Å². The Bertz CT molecular complexity index is 1640. The number of pyridine rings is 1. The van der Waals surface area contributed by atoms with Gasteiger partial charge >= 0.3 is 0 Å². The number of rotatable bonds is 2. The second-order valence-electron chi connectivity index (χ2n) is 7.51. The molecule has 0 aliphatic rings. The number of nitrogens with zero attached hydrogens (tertiary/aromatic N) is 2. The summed E-state index contributed by atoms with van der Waals surface area (Å²) in [4.78, 5) is 8.33. The van der Waals surface area contributed by atoms with Gasteiger partial charge in [0.25, 0.3) is 0 Å². The molecular formula is C28H16N2S. The SMILES string of the molecule is [C-]#[N+]c1ccc2c(-c3cccc4c3sc3c(-c5ccccc5)cccc34)nccc2c1. The van der Waals surface area contributed by atoms with Gasteiger partial charge in [-0.05, 0) is 28.6 Å². The monoisotopic (exact) mass is 412 g/mol. The maximum absolute atomic E-state index is 7.31. The third-order valence-electron chi connectivity index (χ3n) is 5.74. The summed E-state index contributed by atoms with van der Waals surface area (Å²) in [7, 11) is 0. The van der Waals surface area contributed by atoms with Gasteiger partial charge < -0.3 is 0 Å². The van der Waals surface area contributed by atoms with Gasteiger partial charge in [-0.3, -0.25) is 4.98 Å². The second-order valence-corrected chi connectivity index (χ2v) is 8.53. The molecule has 31 heavy (non-hydrogen) atoms. The zero-order chi connectivity index (χ0) is 20.8. The van der Waals surface area contributed by atoms with Crippen LogP contribution < -0.4 is 0 Å². The smallest absolute Gasteiger partial charge is 0.187 e. The third kappa shape index (κ3) is 2.81. The van der Waals surface area contributed by atoms with Gasteiger partial charge in [-0.15, -0.1) is 11.3 Å². The van der Waals surface area contributed by atoms with E-state index in [1.807, 2.05) is 41.8 Å². The summed E-state index contributed by atoms with van der Waals surface area (Å²) in [5.74, 6) is 0. The molecule has 3 heteroatoms. The molecule has 0 radical (unpaired) electrons. The van der Waals surface area contributed by atoms with Gasteiger partial charge in [0.05, 0.1) is 12.3 Å².